The molecule has 0 aromatic rings. The van der Waals surface area contributed by atoms with E-state index in [-0.39, 0.29) is 0 Å². The van der Waals surface area contributed by atoms with Crippen LogP contribution in [-0.4, -0.2) is 19.2 Å². The summed E-state index contributed by atoms with van der Waals surface area (Å²) in [5.41, 5.74) is 0. The van der Waals surface area contributed by atoms with Crippen molar-refractivity contribution >= 4 is 0 Å². The van der Waals surface area contributed by atoms with E-state index in [1.807, 2.05) is 13.8 Å². The number of hydrogen-bond acceptors (Lipinski definition) is 3. The second-order valence-corrected chi connectivity index (χ2v) is 2.09. The molecule has 3 N–H and O–H groups in total. The second kappa shape index (κ2) is 6.99. The van der Waals surface area contributed by atoms with Crippen molar-refractivity contribution in [2.24, 2.45) is 5.90 Å². The lowest BCUT2D eigenvalue weighted by atomic mass is 10.1. The molecule has 3 nitrogen and oxygen atoms in total. The van der Waals surface area contributed by atoms with Gasteiger partial charge in [-0.3, -0.25) is 0 Å². The van der Waals surface area contributed by atoms with Crippen LogP contribution in [0.2, 0.25) is 0 Å². The Morgan fingerprint density at radius 1 is 1.30 bits per heavy atom. The Morgan fingerprint density at radius 2 is 1.80 bits per heavy atom. The number of piperidine rings is 1. The van der Waals surface area contributed by atoms with E-state index in [4.69, 9.17) is 5.90 Å². The molecule has 0 aliphatic carbocycles. The summed E-state index contributed by atoms with van der Waals surface area (Å²) in [7, 11) is 0. The molecule has 10 heavy (non-hydrogen) atoms. The van der Waals surface area contributed by atoms with Crippen LogP contribution in [0.25, 0.3) is 0 Å². The Hall–Kier alpha value is -0.120. The van der Waals surface area contributed by atoms with Crippen molar-refractivity contribution in [1.82, 2.24) is 5.32 Å². The fourth-order valence-electron chi connectivity index (χ4n) is 0.932. The first-order valence-electron chi connectivity index (χ1n) is 4.00. The van der Waals surface area contributed by atoms with E-state index in [0.29, 0.717) is 6.10 Å². The summed E-state index contributed by atoms with van der Waals surface area (Å²) in [4.78, 5) is 4.65. The van der Waals surface area contributed by atoms with E-state index >= 15 is 0 Å². The van der Waals surface area contributed by atoms with Crippen LogP contribution >= 0.6 is 0 Å². The predicted molar refractivity (Wildman–Crippen MR) is 42.5 cm³/mol. The average molecular weight is 146 g/mol. The van der Waals surface area contributed by atoms with Crippen LogP contribution in [0.4, 0.5) is 0 Å². The molecule has 62 valence electrons. The van der Waals surface area contributed by atoms with Crippen molar-refractivity contribution in [3.05, 3.63) is 0 Å². The summed E-state index contributed by atoms with van der Waals surface area (Å²) in [6.45, 7) is 6.09. The first-order valence-corrected chi connectivity index (χ1v) is 4.00. The summed E-state index contributed by atoms with van der Waals surface area (Å²) in [5.74, 6) is 4.98. The summed E-state index contributed by atoms with van der Waals surface area (Å²) < 4.78 is 0. The lowest BCUT2D eigenvalue weighted by molar-refractivity contribution is 0.0325. The second-order valence-electron chi connectivity index (χ2n) is 2.09. The zero-order valence-corrected chi connectivity index (χ0v) is 6.89. The minimum atomic E-state index is 0.302. The van der Waals surface area contributed by atoms with Crippen LogP contribution in [0.3, 0.4) is 0 Å². The summed E-state index contributed by atoms with van der Waals surface area (Å²) >= 11 is 0. The van der Waals surface area contributed by atoms with Crippen molar-refractivity contribution < 1.29 is 4.84 Å². The number of hydrogen-bond donors (Lipinski definition) is 2. The minimum absolute atomic E-state index is 0.302. The molecule has 3 heteroatoms. The number of nitrogens with one attached hydrogen (secondary N) is 1. The van der Waals surface area contributed by atoms with Crippen molar-refractivity contribution in [3.63, 3.8) is 0 Å². The first-order chi connectivity index (χ1) is 4.93. The maximum atomic E-state index is 4.98. The van der Waals surface area contributed by atoms with Gasteiger partial charge in [0.1, 0.15) is 0 Å². The maximum absolute atomic E-state index is 4.98. The van der Waals surface area contributed by atoms with Gasteiger partial charge in [0.25, 0.3) is 0 Å². The first kappa shape index (κ1) is 9.88. The smallest absolute Gasteiger partial charge is 0.0811 e. The minimum Gasteiger partial charge on any atom is -0.317 e. The number of rotatable bonds is 1. The van der Waals surface area contributed by atoms with Crippen molar-refractivity contribution in [3.8, 4) is 0 Å². The Kier molecular flexibility index (Phi) is 6.91. The zero-order valence-electron chi connectivity index (χ0n) is 6.89. The topological polar surface area (TPSA) is 47.3 Å². The van der Waals surface area contributed by atoms with E-state index in [1.54, 1.807) is 0 Å². The third kappa shape index (κ3) is 3.82. The van der Waals surface area contributed by atoms with Crippen LogP contribution < -0.4 is 11.2 Å². The van der Waals surface area contributed by atoms with Crippen LogP contribution in [-0.2, 0) is 4.84 Å². The largest absolute Gasteiger partial charge is 0.317 e. The molecule has 0 atom stereocenters. The molecule has 1 saturated heterocycles. The molecule has 0 aromatic heterocycles. The Labute approximate surface area is 62.9 Å². The highest BCUT2D eigenvalue weighted by atomic mass is 16.6. The Balaban J connectivity index is 0.000000371. The third-order valence-corrected chi connectivity index (χ3v) is 1.48. The van der Waals surface area contributed by atoms with Gasteiger partial charge in [-0.1, -0.05) is 13.8 Å². The van der Waals surface area contributed by atoms with Gasteiger partial charge in [-0.2, -0.15) is 0 Å². The monoisotopic (exact) mass is 146 g/mol. The maximum Gasteiger partial charge on any atom is 0.0811 e. The average Bonchev–Trinajstić information content (AvgIpc) is 2.10. The van der Waals surface area contributed by atoms with Gasteiger partial charge in [0.2, 0.25) is 0 Å². The fraction of sp³-hybridized carbons (Fsp3) is 1.00. The highest BCUT2D eigenvalue weighted by Crippen LogP contribution is 2.02. The highest BCUT2D eigenvalue weighted by molar-refractivity contribution is 4.66. The van der Waals surface area contributed by atoms with Gasteiger partial charge in [0.15, 0.2) is 0 Å². The molecule has 0 spiro atoms. The molecule has 0 bridgehead atoms. The molecule has 1 rings (SSSR count). The summed E-state index contributed by atoms with van der Waals surface area (Å²) in [5, 5.41) is 3.21. The Bertz CT molecular complexity index is 62.6. The molecule has 1 aliphatic heterocycles. The van der Waals surface area contributed by atoms with Crippen LogP contribution in [0.5, 0.6) is 0 Å². The van der Waals surface area contributed by atoms with Crippen molar-refractivity contribution in [2.45, 2.75) is 32.8 Å². The van der Waals surface area contributed by atoms with E-state index < -0.39 is 0 Å². The van der Waals surface area contributed by atoms with E-state index in [1.165, 1.54) is 0 Å². The molecular weight excluding hydrogens is 128 g/mol. The van der Waals surface area contributed by atoms with E-state index in [2.05, 4.69) is 10.2 Å². The van der Waals surface area contributed by atoms with Crippen molar-refractivity contribution in [2.75, 3.05) is 13.1 Å². The highest BCUT2D eigenvalue weighted by Gasteiger charge is 2.10. The Morgan fingerprint density at radius 3 is 2.10 bits per heavy atom. The van der Waals surface area contributed by atoms with Crippen LogP contribution in [0.1, 0.15) is 26.7 Å². The quantitative estimate of drug-likeness (QED) is 0.534. The van der Waals surface area contributed by atoms with Crippen molar-refractivity contribution in [1.29, 1.82) is 0 Å². The predicted octanol–water partition coefficient (Wildman–Crippen LogP) is 0.655. The number of nitrogens with two attached hydrogens (primary N) is 1. The van der Waals surface area contributed by atoms with Gasteiger partial charge in [-0.05, 0) is 25.9 Å². The van der Waals surface area contributed by atoms with Gasteiger partial charge in [-0.25, -0.2) is 5.90 Å². The van der Waals surface area contributed by atoms with Gasteiger partial charge >= 0.3 is 0 Å². The van der Waals surface area contributed by atoms with Gasteiger partial charge < -0.3 is 10.2 Å². The summed E-state index contributed by atoms with van der Waals surface area (Å²) in [6.07, 6.45) is 2.41. The molecular formula is C7H18N2O. The lowest BCUT2D eigenvalue weighted by Crippen LogP contribution is -2.33. The molecule has 0 amide bonds. The molecule has 1 heterocycles. The van der Waals surface area contributed by atoms with Crippen LogP contribution in [0, 0.1) is 0 Å². The molecule has 0 unspecified atom stereocenters. The molecule has 0 saturated carbocycles. The SMILES string of the molecule is CC.NOC1CCNCC1. The fourth-order valence-corrected chi connectivity index (χ4v) is 0.932. The molecule has 0 aromatic carbocycles. The van der Waals surface area contributed by atoms with Crippen LogP contribution in [0.15, 0.2) is 0 Å². The van der Waals surface area contributed by atoms with E-state index in [9.17, 15) is 0 Å². The third-order valence-electron chi connectivity index (χ3n) is 1.48. The molecule has 1 aliphatic rings. The standard InChI is InChI=1S/C5H12N2O.C2H6/c6-8-5-1-3-7-4-2-5;1-2/h5,7H,1-4,6H2;1-2H3. The van der Waals surface area contributed by atoms with Gasteiger partial charge in [0, 0.05) is 0 Å². The molecule has 1 fully saturated rings. The zero-order chi connectivity index (χ0) is 7.82. The normalized spacial score (nSPS) is 19.5. The molecule has 0 radical (unpaired) electrons. The summed E-state index contributed by atoms with van der Waals surface area (Å²) in [6, 6.07) is 0. The van der Waals surface area contributed by atoms with Gasteiger partial charge in [0.05, 0.1) is 6.10 Å². The lowest BCUT2D eigenvalue weighted by Gasteiger charge is -2.19. The van der Waals surface area contributed by atoms with E-state index in [0.717, 1.165) is 25.9 Å². The van der Waals surface area contributed by atoms with Gasteiger partial charge in [-0.15, -0.1) is 0 Å².